The summed E-state index contributed by atoms with van der Waals surface area (Å²) < 4.78 is 26.8. The first-order chi connectivity index (χ1) is 14.5. The highest BCUT2D eigenvalue weighted by Gasteiger charge is 2.24. The number of thiazole rings is 1. The van der Waals surface area contributed by atoms with E-state index in [4.69, 9.17) is 10.5 Å². The molecule has 0 aliphatic heterocycles. The van der Waals surface area contributed by atoms with E-state index in [0.29, 0.717) is 10.7 Å². The van der Waals surface area contributed by atoms with E-state index >= 15 is 0 Å². The van der Waals surface area contributed by atoms with Crippen molar-refractivity contribution in [3.63, 3.8) is 0 Å². The van der Waals surface area contributed by atoms with Crippen LogP contribution in [0, 0.1) is 22.7 Å². The Bertz CT molecular complexity index is 1050. The highest BCUT2D eigenvalue weighted by atomic mass is 32.2. The molecule has 1 heterocycles. The average Bonchev–Trinajstić information content (AvgIpc) is 3.16. The van der Waals surface area contributed by atoms with Gasteiger partial charge in [-0.3, -0.25) is 10.1 Å². The lowest BCUT2D eigenvalue weighted by Gasteiger charge is -2.20. The van der Waals surface area contributed by atoms with Gasteiger partial charge >= 0.3 is 0 Å². The number of hydrogen-bond acceptors (Lipinski definition) is 7. The highest BCUT2D eigenvalue weighted by Crippen LogP contribution is 2.29. The number of carbonyl (C=O) groups excluding carboxylic acids is 1. The van der Waals surface area contributed by atoms with Crippen LogP contribution in [0.1, 0.15) is 46.6 Å². The molecule has 0 unspecified atom stereocenters. The van der Waals surface area contributed by atoms with Crippen molar-refractivity contribution >= 4 is 32.4 Å². The standard InChI is InChI=1S/C20H21N5O3S2/c21-11-3-13-25(14-4-12-22)30(27,28)16-9-7-15(8-10-16)19(26)24-20-23-17-5-1-2-6-18(17)29-20/h7-10H,1-6,13-14H2,(H,23,24,26). The van der Waals surface area contributed by atoms with Crippen LogP contribution in [0.5, 0.6) is 0 Å². The third-order valence-corrected chi connectivity index (χ3v) is 7.75. The van der Waals surface area contributed by atoms with Crippen molar-refractivity contribution in [3.8, 4) is 12.1 Å². The minimum Gasteiger partial charge on any atom is -0.298 e. The normalized spacial score (nSPS) is 13.3. The second-order valence-electron chi connectivity index (χ2n) is 6.79. The summed E-state index contributed by atoms with van der Waals surface area (Å²) >= 11 is 1.49. The zero-order valence-corrected chi connectivity index (χ0v) is 17.9. The molecular formula is C20H21N5O3S2. The van der Waals surface area contributed by atoms with Crippen molar-refractivity contribution in [2.24, 2.45) is 0 Å². The summed E-state index contributed by atoms with van der Waals surface area (Å²) in [7, 11) is -3.86. The number of rotatable bonds is 8. The molecule has 1 aliphatic carbocycles. The van der Waals surface area contributed by atoms with Crippen LogP contribution in [0.25, 0.3) is 0 Å². The molecule has 0 atom stereocenters. The van der Waals surface area contributed by atoms with Gasteiger partial charge in [-0.05, 0) is 49.9 Å². The van der Waals surface area contributed by atoms with Gasteiger partial charge in [0.05, 0.1) is 22.7 Å². The first kappa shape index (κ1) is 21.9. The summed E-state index contributed by atoms with van der Waals surface area (Å²) in [6.07, 6.45) is 4.23. The third-order valence-electron chi connectivity index (χ3n) is 4.77. The highest BCUT2D eigenvalue weighted by molar-refractivity contribution is 7.89. The Morgan fingerprint density at radius 2 is 1.73 bits per heavy atom. The Morgan fingerprint density at radius 1 is 1.10 bits per heavy atom. The topological polar surface area (TPSA) is 127 Å². The Labute approximate surface area is 179 Å². The predicted octanol–water partition coefficient (Wildman–Crippen LogP) is 3.09. The molecule has 3 rings (SSSR count). The number of aromatic nitrogens is 1. The number of amides is 1. The molecule has 1 amide bonds. The maximum atomic E-state index is 12.8. The monoisotopic (exact) mass is 443 g/mol. The van der Waals surface area contributed by atoms with Crippen LogP contribution >= 0.6 is 11.3 Å². The number of sulfonamides is 1. The zero-order chi connectivity index (χ0) is 21.6. The molecule has 0 saturated heterocycles. The van der Waals surface area contributed by atoms with Gasteiger partial charge < -0.3 is 0 Å². The molecule has 1 aromatic heterocycles. The van der Waals surface area contributed by atoms with Gasteiger partial charge in [0, 0.05) is 36.4 Å². The van der Waals surface area contributed by atoms with Gasteiger partial charge in [-0.2, -0.15) is 14.8 Å². The van der Waals surface area contributed by atoms with Gasteiger partial charge in [0.1, 0.15) is 0 Å². The summed E-state index contributed by atoms with van der Waals surface area (Å²) in [5.74, 6) is -0.351. The van der Waals surface area contributed by atoms with Crippen LogP contribution in [0.15, 0.2) is 29.2 Å². The maximum Gasteiger partial charge on any atom is 0.257 e. The van der Waals surface area contributed by atoms with Gasteiger partial charge in [0.25, 0.3) is 5.91 Å². The number of benzene rings is 1. The van der Waals surface area contributed by atoms with Gasteiger partial charge in [-0.25, -0.2) is 13.4 Å². The lowest BCUT2D eigenvalue weighted by molar-refractivity contribution is 0.102. The molecule has 30 heavy (non-hydrogen) atoms. The Kier molecular flexibility index (Phi) is 7.16. The number of nitriles is 2. The number of fused-ring (bicyclic) bond motifs is 1. The summed E-state index contributed by atoms with van der Waals surface area (Å²) in [5.41, 5.74) is 1.38. The predicted molar refractivity (Wildman–Crippen MR) is 112 cm³/mol. The van der Waals surface area contributed by atoms with E-state index < -0.39 is 10.0 Å². The molecule has 2 aromatic rings. The molecule has 10 heteroatoms. The smallest absolute Gasteiger partial charge is 0.257 e. The molecule has 0 spiro atoms. The van der Waals surface area contributed by atoms with Gasteiger partial charge in [-0.1, -0.05) is 0 Å². The van der Waals surface area contributed by atoms with Crippen LogP contribution in [0.2, 0.25) is 0 Å². The van der Waals surface area contributed by atoms with E-state index in [2.05, 4.69) is 10.3 Å². The minimum absolute atomic E-state index is 0.0114. The van der Waals surface area contributed by atoms with E-state index in [1.807, 2.05) is 12.1 Å². The molecular weight excluding hydrogens is 422 g/mol. The Balaban J connectivity index is 1.72. The van der Waals surface area contributed by atoms with Crippen LogP contribution in [0.3, 0.4) is 0 Å². The van der Waals surface area contributed by atoms with Crippen molar-refractivity contribution in [3.05, 3.63) is 40.4 Å². The summed E-state index contributed by atoms with van der Waals surface area (Å²) in [4.78, 5) is 18.2. The van der Waals surface area contributed by atoms with Gasteiger partial charge in [-0.15, -0.1) is 11.3 Å². The summed E-state index contributed by atoms with van der Waals surface area (Å²) in [5, 5.41) is 20.9. The first-order valence-electron chi connectivity index (χ1n) is 9.59. The van der Waals surface area contributed by atoms with E-state index in [-0.39, 0.29) is 36.7 Å². The fraction of sp³-hybridized carbons (Fsp3) is 0.400. The second kappa shape index (κ2) is 9.81. The second-order valence-corrected chi connectivity index (χ2v) is 9.82. The summed E-state index contributed by atoms with van der Waals surface area (Å²) in [6, 6.07) is 9.45. The molecule has 1 aliphatic rings. The molecule has 1 aromatic carbocycles. The first-order valence-corrected chi connectivity index (χ1v) is 11.9. The molecule has 0 fully saturated rings. The van der Waals surface area contributed by atoms with E-state index in [1.54, 1.807) is 0 Å². The zero-order valence-electron chi connectivity index (χ0n) is 16.3. The van der Waals surface area contributed by atoms with Crippen LogP contribution in [0.4, 0.5) is 5.13 Å². The summed E-state index contributed by atoms with van der Waals surface area (Å²) in [6.45, 7) is 0.0227. The van der Waals surface area contributed by atoms with Crippen molar-refractivity contribution < 1.29 is 13.2 Å². The lowest BCUT2D eigenvalue weighted by atomic mass is 10.0. The molecule has 0 bridgehead atoms. The molecule has 156 valence electrons. The lowest BCUT2D eigenvalue weighted by Crippen LogP contribution is -2.32. The molecule has 0 radical (unpaired) electrons. The Morgan fingerprint density at radius 3 is 2.33 bits per heavy atom. The molecule has 0 saturated carbocycles. The van der Waals surface area contributed by atoms with Crippen molar-refractivity contribution in [2.45, 2.75) is 43.4 Å². The van der Waals surface area contributed by atoms with Crippen LogP contribution < -0.4 is 5.32 Å². The maximum absolute atomic E-state index is 12.8. The number of nitrogens with zero attached hydrogens (tertiary/aromatic N) is 4. The SMILES string of the molecule is N#CCCN(CCC#N)S(=O)(=O)c1ccc(C(=O)Nc2nc3c(s2)CCCC3)cc1. The minimum atomic E-state index is -3.86. The van der Waals surface area contributed by atoms with E-state index in [9.17, 15) is 13.2 Å². The number of hydrogen-bond donors (Lipinski definition) is 1. The largest absolute Gasteiger partial charge is 0.298 e. The van der Waals surface area contributed by atoms with Crippen LogP contribution in [-0.2, 0) is 22.9 Å². The van der Waals surface area contributed by atoms with Crippen molar-refractivity contribution in [1.29, 1.82) is 10.5 Å². The van der Waals surface area contributed by atoms with Crippen molar-refractivity contribution in [1.82, 2.24) is 9.29 Å². The van der Waals surface area contributed by atoms with E-state index in [1.165, 1.54) is 40.5 Å². The van der Waals surface area contributed by atoms with Gasteiger partial charge in [0.15, 0.2) is 5.13 Å². The fourth-order valence-electron chi connectivity index (χ4n) is 3.20. The Hall–Kier alpha value is -2.79. The number of anilines is 1. The quantitative estimate of drug-likeness (QED) is 0.668. The fourth-order valence-corrected chi connectivity index (χ4v) is 5.69. The number of carbonyl (C=O) groups is 1. The van der Waals surface area contributed by atoms with E-state index in [0.717, 1.165) is 35.7 Å². The average molecular weight is 444 g/mol. The van der Waals surface area contributed by atoms with Crippen molar-refractivity contribution in [2.75, 3.05) is 18.4 Å². The van der Waals surface area contributed by atoms with Crippen LogP contribution in [-0.4, -0.2) is 36.7 Å². The third kappa shape index (κ3) is 5.03. The number of aryl methyl sites for hydroxylation is 2. The molecule has 1 N–H and O–H groups in total. The molecule has 8 nitrogen and oxygen atoms in total. The van der Waals surface area contributed by atoms with Gasteiger partial charge in [0.2, 0.25) is 10.0 Å². The number of nitrogens with one attached hydrogen (secondary N) is 1.